The Morgan fingerprint density at radius 1 is 0.881 bits per heavy atom. The van der Waals surface area contributed by atoms with Crippen molar-refractivity contribution < 1.29 is 22.8 Å². The highest BCUT2D eigenvalue weighted by molar-refractivity contribution is 9.10. The highest BCUT2D eigenvalue weighted by atomic mass is 79.9. The molecule has 0 radical (unpaired) electrons. The number of hydrogen-bond donors (Lipinski definition) is 0. The van der Waals surface area contributed by atoms with Crippen LogP contribution in [0.4, 0.5) is 35.0 Å². The van der Waals surface area contributed by atoms with Gasteiger partial charge in [0.2, 0.25) is 9.63 Å². The molecule has 0 aromatic heterocycles. The Labute approximate surface area is 284 Å². The molecule has 1 aliphatic heterocycles. The van der Waals surface area contributed by atoms with E-state index in [0.29, 0.717) is 9.80 Å². The van der Waals surface area contributed by atoms with Crippen molar-refractivity contribution in [1.82, 2.24) is 4.90 Å². The van der Waals surface area contributed by atoms with Crippen LogP contribution in [0, 0.1) is 17.5 Å². The predicted molar refractivity (Wildman–Crippen MR) is 169 cm³/mol. The summed E-state index contributed by atoms with van der Waals surface area (Å²) in [6.45, 7) is 0. The molecule has 42 heavy (non-hydrogen) atoms. The molecule has 0 spiro atoms. The molecule has 1 aliphatic rings. The van der Waals surface area contributed by atoms with Gasteiger partial charge in [-0.15, -0.1) is 11.6 Å². The third kappa shape index (κ3) is 6.21. The van der Waals surface area contributed by atoms with Gasteiger partial charge in [-0.1, -0.05) is 70.1 Å². The van der Waals surface area contributed by atoms with E-state index in [9.17, 15) is 14.0 Å². The number of alkyl halides is 4. The van der Waals surface area contributed by atoms with E-state index in [1.165, 1.54) is 42.5 Å². The Kier molecular flexibility index (Phi) is 10.3. The van der Waals surface area contributed by atoms with E-state index in [-0.39, 0.29) is 24.7 Å². The topological polar surface area (TPSA) is 56.2 Å². The summed E-state index contributed by atoms with van der Waals surface area (Å²) in [5.74, 6) is -4.58. The summed E-state index contributed by atoms with van der Waals surface area (Å²) in [6.07, 6.45) is -1.85. The number of carbonyl (C=O) groups is 2. The van der Waals surface area contributed by atoms with Gasteiger partial charge in [-0.2, -0.15) is 0 Å². The van der Waals surface area contributed by atoms with Gasteiger partial charge in [-0.3, -0.25) is 9.69 Å². The van der Waals surface area contributed by atoms with Crippen molar-refractivity contribution in [2.24, 2.45) is 4.99 Å². The minimum Gasteiger partial charge on any atom is -0.312 e. The molecule has 17 heteroatoms. The molecule has 3 amide bonds. The number of para-hydroxylation sites is 1. The zero-order chi connectivity index (χ0) is 31.3. The van der Waals surface area contributed by atoms with E-state index in [2.05, 4.69) is 36.9 Å². The molecule has 0 aliphatic carbocycles. The maximum absolute atomic E-state index is 15.8. The van der Waals surface area contributed by atoms with Crippen molar-refractivity contribution in [1.29, 1.82) is 0 Å². The molecule has 6 nitrogen and oxygen atoms in total. The van der Waals surface area contributed by atoms with Gasteiger partial charge < -0.3 is 4.90 Å². The Balaban J connectivity index is 2.09. The fourth-order valence-electron chi connectivity index (χ4n) is 3.90. The number of rotatable bonds is 6. The average molecular weight is 831 g/mol. The van der Waals surface area contributed by atoms with E-state index >= 15 is 8.78 Å². The summed E-state index contributed by atoms with van der Waals surface area (Å²) >= 11 is 43.3. The van der Waals surface area contributed by atoms with Crippen molar-refractivity contribution in [3.63, 3.8) is 0 Å². The summed E-state index contributed by atoms with van der Waals surface area (Å²) in [7, 11) is 1.13. The number of benzene rings is 3. The largest absolute Gasteiger partial charge is 0.337 e. The number of carbonyl (C=O) groups excluding carboxylic acids is 2. The first-order chi connectivity index (χ1) is 19.6. The number of urea groups is 1. The van der Waals surface area contributed by atoms with Crippen molar-refractivity contribution in [3.8, 4) is 0 Å². The molecule has 0 bridgehead atoms. The lowest BCUT2D eigenvalue weighted by Crippen LogP contribution is -2.46. The standard InChI is InChI=1S/C25H13Br2Cl6F3N4O2/c1-38-23(41)22(40(24(38)42)13-5-3-2-4-12(13)34)37-21(20(30)25(31,32)33)39(14-8-6-10(28)16(26)18(14)35)15-9-7-11(29)17(27)19(15)36/h2-9,20-21H,1H3. The van der Waals surface area contributed by atoms with Crippen LogP contribution in [0.5, 0.6) is 0 Å². The number of likely N-dealkylation sites (N-methyl/N-ethyl adjacent to an activating group) is 1. The van der Waals surface area contributed by atoms with Gasteiger partial charge in [0.25, 0.3) is 5.91 Å². The quantitative estimate of drug-likeness (QED) is 0.141. The Morgan fingerprint density at radius 3 is 1.86 bits per heavy atom. The summed E-state index contributed by atoms with van der Waals surface area (Å²) in [5, 5.41) is -1.84. The number of amidine groups is 1. The van der Waals surface area contributed by atoms with Gasteiger partial charge in [0.05, 0.1) is 36.1 Å². The number of imide groups is 1. The van der Waals surface area contributed by atoms with E-state index in [4.69, 9.17) is 69.6 Å². The second-order valence-electron chi connectivity index (χ2n) is 8.50. The van der Waals surface area contributed by atoms with Gasteiger partial charge >= 0.3 is 6.03 Å². The molecular formula is C25H13Br2Cl6F3N4O2. The number of anilines is 3. The van der Waals surface area contributed by atoms with Crippen molar-refractivity contribution >= 4 is 136 Å². The first-order valence-corrected chi connectivity index (χ1v) is 15.2. The van der Waals surface area contributed by atoms with Crippen LogP contribution < -0.4 is 9.80 Å². The molecular weight excluding hydrogens is 818 g/mol. The highest BCUT2D eigenvalue weighted by Crippen LogP contribution is 2.45. The van der Waals surface area contributed by atoms with Gasteiger partial charge in [-0.05, 0) is 68.3 Å². The lowest BCUT2D eigenvalue weighted by atomic mass is 10.1. The molecule has 2 unspecified atom stereocenters. The van der Waals surface area contributed by atoms with Crippen LogP contribution in [0.3, 0.4) is 0 Å². The predicted octanol–water partition coefficient (Wildman–Crippen LogP) is 9.87. The summed E-state index contributed by atoms with van der Waals surface area (Å²) in [6, 6.07) is 8.99. The Bertz CT molecular complexity index is 1570. The summed E-state index contributed by atoms with van der Waals surface area (Å²) < 4.78 is 43.7. The summed E-state index contributed by atoms with van der Waals surface area (Å²) in [5.41, 5.74) is -1.13. The first-order valence-electron chi connectivity index (χ1n) is 11.3. The van der Waals surface area contributed by atoms with Crippen LogP contribution in [-0.2, 0) is 4.79 Å². The second kappa shape index (κ2) is 12.9. The SMILES string of the molecule is CN1C(=O)C(=NC(C(Cl)C(Cl)(Cl)Cl)N(c2ccc(Cl)c(Br)c2F)c2ccc(Cl)c(Br)c2F)N(c2ccccc2F)C1=O. The normalized spacial score (nSPS) is 16.4. The average Bonchev–Trinajstić information content (AvgIpc) is 3.14. The molecule has 1 fully saturated rings. The third-order valence-corrected chi connectivity index (χ3v) is 10.2. The van der Waals surface area contributed by atoms with Gasteiger partial charge in [0.1, 0.15) is 17.4 Å². The molecule has 3 aromatic rings. The molecule has 1 saturated heterocycles. The van der Waals surface area contributed by atoms with Crippen molar-refractivity contribution in [2.45, 2.75) is 15.3 Å². The number of amides is 3. The molecule has 2 atom stereocenters. The minimum atomic E-state index is -2.38. The number of aliphatic imine (C=N–C) groups is 1. The monoisotopic (exact) mass is 826 g/mol. The minimum absolute atomic E-state index is 0.0375. The van der Waals surface area contributed by atoms with E-state index in [0.717, 1.165) is 18.0 Å². The second-order valence-corrected chi connectivity index (χ2v) is 13.7. The zero-order valence-electron chi connectivity index (χ0n) is 20.5. The lowest BCUT2D eigenvalue weighted by Gasteiger charge is -2.37. The van der Waals surface area contributed by atoms with Crippen molar-refractivity contribution in [2.75, 3.05) is 16.8 Å². The fraction of sp³-hybridized carbons (Fsp3) is 0.160. The Morgan fingerprint density at radius 2 is 1.38 bits per heavy atom. The molecule has 3 aromatic carbocycles. The lowest BCUT2D eigenvalue weighted by molar-refractivity contribution is -0.119. The van der Waals surface area contributed by atoms with Gasteiger partial charge in [0.15, 0.2) is 11.6 Å². The van der Waals surface area contributed by atoms with E-state index in [1.54, 1.807) is 0 Å². The molecule has 0 saturated carbocycles. The molecule has 1 heterocycles. The van der Waals surface area contributed by atoms with E-state index in [1.807, 2.05) is 0 Å². The molecule has 0 N–H and O–H groups in total. The van der Waals surface area contributed by atoms with Crippen LogP contribution in [0.25, 0.3) is 0 Å². The zero-order valence-corrected chi connectivity index (χ0v) is 28.2. The van der Waals surface area contributed by atoms with Crippen LogP contribution in [-0.4, -0.2) is 45.1 Å². The fourth-order valence-corrected chi connectivity index (χ4v) is 5.37. The number of halogens is 11. The van der Waals surface area contributed by atoms with Crippen molar-refractivity contribution in [3.05, 3.63) is 85.0 Å². The molecule has 4 rings (SSSR count). The van der Waals surface area contributed by atoms with Crippen LogP contribution in [0.2, 0.25) is 10.0 Å². The smallest absolute Gasteiger partial charge is 0.312 e. The third-order valence-electron chi connectivity index (χ3n) is 5.92. The maximum Gasteiger partial charge on any atom is 0.337 e. The Hall–Kier alpha value is -1.44. The highest BCUT2D eigenvalue weighted by Gasteiger charge is 2.47. The van der Waals surface area contributed by atoms with Gasteiger partial charge in [-0.25, -0.2) is 27.9 Å². The first kappa shape index (κ1) is 33.5. The van der Waals surface area contributed by atoms with Crippen LogP contribution in [0.15, 0.2) is 62.5 Å². The number of nitrogens with zero attached hydrogens (tertiary/aromatic N) is 4. The van der Waals surface area contributed by atoms with Crippen LogP contribution in [0.1, 0.15) is 0 Å². The van der Waals surface area contributed by atoms with Gasteiger partial charge in [0, 0.05) is 7.05 Å². The maximum atomic E-state index is 15.8. The number of hydrogen-bond acceptors (Lipinski definition) is 4. The molecule has 222 valence electrons. The summed E-state index contributed by atoms with van der Waals surface area (Å²) in [4.78, 5) is 33.0. The van der Waals surface area contributed by atoms with Crippen LogP contribution >= 0.6 is 101 Å². The van der Waals surface area contributed by atoms with E-state index < -0.39 is 61.9 Å².